The quantitative estimate of drug-likeness (QED) is 0.490. The molecule has 0 aliphatic rings. The predicted octanol–water partition coefficient (Wildman–Crippen LogP) is 6.25. The van der Waals surface area contributed by atoms with Gasteiger partial charge in [-0.05, 0) is 34.5 Å². The van der Waals surface area contributed by atoms with Crippen molar-refractivity contribution >= 4 is 27.5 Å². The Kier molecular flexibility index (Phi) is 9.37. The number of nitrogens with two attached hydrogens (primary N) is 1. The highest BCUT2D eigenvalue weighted by molar-refractivity contribution is 9.10. The van der Waals surface area contributed by atoms with Crippen molar-refractivity contribution < 1.29 is 4.74 Å². The van der Waals surface area contributed by atoms with Crippen LogP contribution in [0, 0.1) is 0 Å². The van der Waals surface area contributed by atoms with Crippen LogP contribution >= 0.6 is 27.5 Å². The van der Waals surface area contributed by atoms with Gasteiger partial charge in [0.2, 0.25) is 0 Å². The molecule has 0 saturated heterocycles. The van der Waals surface area contributed by atoms with Crippen LogP contribution in [0.1, 0.15) is 69.9 Å². The van der Waals surface area contributed by atoms with Gasteiger partial charge in [-0.15, -0.1) is 0 Å². The number of methoxy groups -OCH3 is 1. The van der Waals surface area contributed by atoms with Crippen molar-refractivity contribution in [1.82, 2.24) is 0 Å². The molecule has 4 heteroatoms. The Bertz CT molecular complexity index is 425. The Morgan fingerprint density at radius 3 is 2.38 bits per heavy atom. The first-order chi connectivity index (χ1) is 10.1. The third kappa shape index (κ3) is 6.58. The topological polar surface area (TPSA) is 35.2 Å². The van der Waals surface area contributed by atoms with E-state index in [1.807, 2.05) is 12.1 Å². The summed E-state index contributed by atoms with van der Waals surface area (Å²) in [6.07, 6.45) is 10.0. The third-order valence-corrected chi connectivity index (χ3v) is 4.57. The van der Waals surface area contributed by atoms with E-state index >= 15 is 0 Å². The van der Waals surface area contributed by atoms with Crippen molar-refractivity contribution in [3.05, 3.63) is 27.2 Å². The lowest BCUT2D eigenvalue weighted by molar-refractivity contribution is 0.400. The summed E-state index contributed by atoms with van der Waals surface area (Å²) in [7, 11) is 1.66. The maximum atomic E-state index is 6.31. The minimum absolute atomic E-state index is 0.0226. The van der Waals surface area contributed by atoms with Gasteiger partial charge in [-0.3, -0.25) is 0 Å². The fourth-order valence-electron chi connectivity index (χ4n) is 2.55. The average molecular weight is 377 g/mol. The number of ether oxygens (including phenoxy) is 1. The summed E-state index contributed by atoms with van der Waals surface area (Å²) in [5.41, 5.74) is 7.30. The van der Waals surface area contributed by atoms with Gasteiger partial charge in [0, 0.05) is 16.6 Å². The molecule has 21 heavy (non-hydrogen) atoms. The molecule has 1 rings (SSSR count). The molecular weight excluding hydrogens is 350 g/mol. The van der Waals surface area contributed by atoms with Crippen molar-refractivity contribution in [2.24, 2.45) is 5.73 Å². The number of hydrogen-bond donors (Lipinski definition) is 1. The van der Waals surface area contributed by atoms with Crippen LogP contribution < -0.4 is 10.5 Å². The molecule has 120 valence electrons. The molecule has 0 aromatic heterocycles. The van der Waals surface area contributed by atoms with E-state index in [4.69, 9.17) is 22.1 Å². The van der Waals surface area contributed by atoms with Crippen molar-refractivity contribution in [3.63, 3.8) is 0 Å². The SMILES string of the molecule is CCCCCCCCCC(N)c1cc(Cl)cc(Br)c1OC. The van der Waals surface area contributed by atoms with Gasteiger partial charge >= 0.3 is 0 Å². The number of halogens is 2. The van der Waals surface area contributed by atoms with Crippen molar-refractivity contribution in [3.8, 4) is 5.75 Å². The molecule has 0 saturated carbocycles. The molecular formula is C17H27BrClNO. The maximum Gasteiger partial charge on any atom is 0.137 e. The van der Waals surface area contributed by atoms with Gasteiger partial charge in [-0.1, -0.05) is 63.5 Å². The van der Waals surface area contributed by atoms with Crippen LogP contribution in [0.2, 0.25) is 5.02 Å². The summed E-state index contributed by atoms with van der Waals surface area (Å²) in [4.78, 5) is 0. The molecule has 0 bridgehead atoms. The molecule has 2 nitrogen and oxygen atoms in total. The zero-order chi connectivity index (χ0) is 15.7. The van der Waals surface area contributed by atoms with Crippen LogP contribution in [-0.4, -0.2) is 7.11 Å². The monoisotopic (exact) mass is 375 g/mol. The summed E-state index contributed by atoms with van der Waals surface area (Å²) in [6.45, 7) is 2.25. The third-order valence-electron chi connectivity index (χ3n) is 3.76. The zero-order valence-corrected chi connectivity index (χ0v) is 15.5. The molecule has 1 atom stereocenters. The highest BCUT2D eigenvalue weighted by Gasteiger charge is 2.15. The van der Waals surface area contributed by atoms with E-state index in [-0.39, 0.29) is 6.04 Å². The standard InChI is InChI=1S/C17H27BrClNO/c1-3-4-5-6-7-8-9-10-16(20)14-11-13(19)12-15(18)17(14)21-2/h11-12,16H,3-10,20H2,1-2H3. The average Bonchev–Trinajstić information content (AvgIpc) is 2.45. The van der Waals surface area contributed by atoms with Gasteiger partial charge in [0.05, 0.1) is 11.6 Å². The molecule has 0 radical (unpaired) electrons. The lowest BCUT2D eigenvalue weighted by Crippen LogP contribution is -2.12. The molecule has 0 spiro atoms. The van der Waals surface area contributed by atoms with Gasteiger partial charge in [0.1, 0.15) is 5.75 Å². The highest BCUT2D eigenvalue weighted by Crippen LogP contribution is 2.36. The predicted molar refractivity (Wildman–Crippen MR) is 95.2 cm³/mol. The maximum absolute atomic E-state index is 6.31. The zero-order valence-electron chi connectivity index (χ0n) is 13.1. The molecule has 1 aromatic carbocycles. The Balaban J connectivity index is 2.43. The Labute approximate surface area is 142 Å². The first-order valence-corrected chi connectivity index (χ1v) is 9.05. The molecule has 0 aliphatic carbocycles. The smallest absolute Gasteiger partial charge is 0.137 e. The summed E-state index contributed by atoms with van der Waals surface area (Å²) >= 11 is 9.59. The number of benzene rings is 1. The van der Waals surface area contributed by atoms with Crippen LogP contribution in [0.25, 0.3) is 0 Å². The first kappa shape index (κ1) is 18.8. The van der Waals surface area contributed by atoms with Gasteiger partial charge < -0.3 is 10.5 Å². The largest absolute Gasteiger partial charge is 0.495 e. The molecule has 1 unspecified atom stereocenters. The van der Waals surface area contributed by atoms with E-state index in [1.54, 1.807) is 7.11 Å². The summed E-state index contributed by atoms with van der Waals surface area (Å²) < 4.78 is 6.30. The Morgan fingerprint density at radius 1 is 1.14 bits per heavy atom. The summed E-state index contributed by atoms with van der Waals surface area (Å²) in [5, 5.41) is 0.688. The van der Waals surface area contributed by atoms with Crippen molar-refractivity contribution in [2.75, 3.05) is 7.11 Å². The van der Waals surface area contributed by atoms with E-state index in [9.17, 15) is 0 Å². The highest BCUT2D eigenvalue weighted by atomic mass is 79.9. The van der Waals surface area contributed by atoms with E-state index in [2.05, 4.69) is 22.9 Å². The molecule has 0 fully saturated rings. The minimum atomic E-state index is -0.0226. The number of unbranched alkanes of at least 4 members (excludes halogenated alkanes) is 6. The fourth-order valence-corrected chi connectivity index (χ4v) is 3.54. The second-order valence-corrected chi connectivity index (χ2v) is 6.82. The molecule has 2 N–H and O–H groups in total. The minimum Gasteiger partial charge on any atom is -0.495 e. The van der Waals surface area contributed by atoms with Crippen LogP contribution in [0.3, 0.4) is 0 Å². The van der Waals surface area contributed by atoms with Gasteiger partial charge in [0.25, 0.3) is 0 Å². The van der Waals surface area contributed by atoms with Crippen LogP contribution in [0.4, 0.5) is 0 Å². The Morgan fingerprint density at radius 2 is 1.76 bits per heavy atom. The first-order valence-electron chi connectivity index (χ1n) is 7.88. The van der Waals surface area contributed by atoms with Crippen LogP contribution in [0.5, 0.6) is 5.75 Å². The summed E-state index contributed by atoms with van der Waals surface area (Å²) in [6, 6.07) is 3.73. The van der Waals surface area contributed by atoms with Crippen molar-refractivity contribution in [2.45, 2.75) is 64.3 Å². The molecule has 1 aromatic rings. The molecule has 0 aliphatic heterocycles. The van der Waals surface area contributed by atoms with E-state index in [1.165, 1.54) is 38.5 Å². The second kappa shape index (κ2) is 10.5. The number of hydrogen-bond acceptors (Lipinski definition) is 2. The normalized spacial score (nSPS) is 12.4. The second-order valence-electron chi connectivity index (χ2n) is 5.53. The van der Waals surface area contributed by atoms with E-state index in [0.29, 0.717) is 5.02 Å². The van der Waals surface area contributed by atoms with Gasteiger partial charge in [0.15, 0.2) is 0 Å². The summed E-state index contributed by atoms with van der Waals surface area (Å²) in [5.74, 6) is 0.801. The molecule has 0 amide bonds. The molecule has 0 heterocycles. The number of rotatable bonds is 10. The fraction of sp³-hybridized carbons (Fsp3) is 0.647. The Hall–Kier alpha value is -0.250. The van der Waals surface area contributed by atoms with Crippen molar-refractivity contribution in [1.29, 1.82) is 0 Å². The van der Waals surface area contributed by atoms with Gasteiger partial charge in [-0.25, -0.2) is 0 Å². The van der Waals surface area contributed by atoms with E-state index < -0.39 is 0 Å². The van der Waals surface area contributed by atoms with Crippen LogP contribution in [-0.2, 0) is 0 Å². The van der Waals surface area contributed by atoms with Gasteiger partial charge in [-0.2, -0.15) is 0 Å². The van der Waals surface area contributed by atoms with E-state index in [0.717, 1.165) is 28.6 Å². The lowest BCUT2D eigenvalue weighted by Gasteiger charge is -2.17. The van der Waals surface area contributed by atoms with Crippen LogP contribution in [0.15, 0.2) is 16.6 Å². The lowest BCUT2D eigenvalue weighted by atomic mass is 9.99.